The number of methoxy groups -OCH3 is 1. The van der Waals surface area contributed by atoms with Crippen molar-refractivity contribution in [3.8, 4) is 5.88 Å². The number of rotatable bonds is 6. The standard InChI is InChI=1S/C15H19N3OS/c1-16-14(11-4-6-13(20-3)7-5-11)8-12-9-15(19-2)18-10-17-12/h4-7,9-10,14,16H,8H2,1-3H3. The Labute approximate surface area is 124 Å². The number of hydrogen-bond acceptors (Lipinski definition) is 5. The van der Waals surface area contributed by atoms with Crippen LogP contribution in [0.25, 0.3) is 0 Å². The lowest BCUT2D eigenvalue weighted by Gasteiger charge is -2.16. The van der Waals surface area contributed by atoms with E-state index in [4.69, 9.17) is 4.74 Å². The molecule has 0 aliphatic carbocycles. The monoisotopic (exact) mass is 289 g/mol. The van der Waals surface area contributed by atoms with Gasteiger partial charge in [0.05, 0.1) is 7.11 Å². The van der Waals surface area contributed by atoms with Gasteiger partial charge in [0.15, 0.2) is 0 Å². The van der Waals surface area contributed by atoms with Crippen molar-refractivity contribution in [2.24, 2.45) is 0 Å². The SMILES string of the molecule is CNC(Cc1cc(OC)ncn1)c1ccc(SC)cc1. The third kappa shape index (κ3) is 3.71. The fourth-order valence-corrected chi connectivity index (χ4v) is 2.44. The van der Waals surface area contributed by atoms with Gasteiger partial charge in [0, 0.05) is 29.1 Å². The van der Waals surface area contributed by atoms with Crippen molar-refractivity contribution in [2.75, 3.05) is 20.4 Å². The first-order chi connectivity index (χ1) is 9.76. The molecule has 1 aromatic heterocycles. The fraction of sp³-hybridized carbons (Fsp3) is 0.333. The van der Waals surface area contributed by atoms with E-state index in [0.717, 1.165) is 12.1 Å². The normalized spacial score (nSPS) is 12.2. The molecule has 2 rings (SSSR count). The highest BCUT2D eigenvalue weighted by Crippen LogP contribution is 2.22. The number of thioether (sulfide) groups is 1. The molecule has 0 radical (unpaired) electrons. The van der Waals surface area contributed by atoms with Crippen LogP contribution in [0.5, 0.6) is 5.88 Å². The molecule has 2 aromatic rings. The van der Waals surface area contributed by atoms with Gasteiger partial charge in [0.1, 0.15) is 6.33 Å². The Kier molecular flexibility index (Phi) is 5.38. The maximum absolute atomic E-state index is 5.13. The van der Waals surface area contributed by atoms with Gasteiger partial charge in [-0.3, -0.25) is 0 Å². The van der Waals surface area contributed by atoms with Gasteiger partial charge in [0.25, 0.3) is 0 Å². The molecular weight excluding hydrogens is 270 g/mol. The molecule has 0 saturated heterocycles. The number of nitrogens with zero attached hydrogens (tertiary/aromatic N) is 2. The van der Waals surface area contributed by atoms with Crippen molar-refractivity contribution in [3.05, 3.63) is 47.9 Å². The second kappa shape index (κ2) is 7.26. The quantitative estimate of drug-likeness (QED) is 0.829. The second-order valence-electron chi connectivity index (χ2n) is 4.37. The number of likely N-dealkylation sites (N-methyl/N-ethyl adjacent to an activating group) is 1. The maximum atomic E-state index is 5.13. The smallest absolute Gasteiger partial charge is 0.216 e. The van der Waals surface area contributed by atoms with E-state index in [1.165, 1.54) is 16.8 Å². The Balaban J connectivity index is 2.14. The molecule has 1 N–H and O–H groups in total. The minimum Gasteiger partial charge on any atom is -0.481 e. The highest BCUT2D eigenvalue weighted by Gasteiger charge is 2.11. The fourth-order valence-electron chi connectivity index (χ4n) is 2.03. The first kappa shape index (κ1) is 14.8. The lowest BCUT2D eigenvalue weighted by molar-refractivity contribution is 0.395. The molecule has 1 aromatic carbocycles. The summed E-state index contributed by atoms with van der Waals surface area (Å²) in [5.74, 6) is 0.600. The zero-order valence-corrected chi connectivity index (χ0v) is 12.8. The van der Waals surface area contributed by atoms with E-state index in [1.807, 2.05) is 13.1 Å². The lowest BCUT2D eigenvalue weighted by atomic mass is 10.0. The summed E-state index contributed by atoms with van der Waals surface area (Å²) in [5, 5.41) is 3.33. The van der Waals surface area contributed by atoms with Crippen LogP contribution in [0.3, 0.4) is 0 Å². The molecule has 0 aliphatic rings. The molecular formula is C15H19N3OS. The summed E-state index contributed by atoms with van der Waals surface area (Å²) in [4.78, 5) is 9.60. The van der Waals surface area contributed by atoms with Crippen molar-refractivity contribution >= 4 is 11.8 Å². The number of benzene rings is 1. The summed E-state index contributed by atoms with van der Waals surface area (Å²) in [6, 6.07) is 10.7. The highest BCUT2D eigenvalue weighted by molar-refractivity contribution is 7.98. The number of nitrogens with one attached hydrogen (secondary N) is 1. The molecule has 5 heteroatoms. The first-order valence-electron chi connectivity index (χ1n) is 6.43. The third-order valence-corrected chi connectivity index (χ3v) is 3.93. The Hall–Kier alpha value is -1.59. The van der Waals surface area contributed by atoms with Gasteiger partial charge in [0.2, 0.25) is 5.88 Å². The molecule has 1 atom stereocenters. The third-order valence-electron chi connectivity index (χ3n) is 3.19. The first-order valence-corrected chi connectivity index (χ1v) is 7.65. The lowest BCUT2D eigenvalue weighted by Crippen LogP contribution is -2.19. The Morgan fingerprint density at radius 2 is 2.00 bits per heavy atom. The highest BCUT2D eigenvalue weighted by atomic mass is 32.2. The minimum atomic E-state index is 0.227. The summed E-state index contributed by atoms with van der Waals surface area (Å²) in [5.41, 5.74) is 2.22. The molecule has 0 amide bonds. The van der Waals surface area contributed by atoms with Crippen molar-refractivity contribution in [1.82, 2.24) is 15.3 Å². The summed E-state index contributed by atoms with van der Waals surface area (Å²) >= 11 is 1.75. The zero-order chi connectivity index (χ0) is 14.4. The predicted molar refractivity (Wildman–Crippen MR) is 82.3 cm³/mol. The van der Waals surface area contributed by atoms with Crippen molar-refractivity contribution in [3.63, 3.8) is 0 Å². The molecule has 1 unspecified atom stereocenters. The van der Waals surface area contributed by atoms with Gasteiger partial charge < -0.3 is 10.1 Å². The van der Waals surface area contributed by atoms with E-state index >= 15 is 0 Å². The molecule has 106 valence electrons. The van der Waals surface area contributed by atoms with E-state index < -0.39 is 0 Å². The summed E-state index contributed by atoms with van der Waals surface area (Å²) < 4.78 is 5.13. The molecule has 0 aliphatic heterocycles. The van der Waals surface area contributed by atoms with E-state index in [0.29, 0.717) is 5.88 Å². The van der Waals surface area contributed by atoms with Gasteiger partial charge >= 0.3 is 0 Å². The van der Waals surface area contributed by atoms with Gasteiger partial charge in [-0.1, -0.05) is 12.1 Å². The van der Waals surface area contributed by atoms with Gasteiger partial charge in [-0.2, -0.15) is 0 Å². The maximum Gasteiger partial charge on any atom is 0.216 e. The largest absolute Gasteiger partial charge is 0.481 e. The van der Waals surface area contributed by atoms with Gasteiger partial charge in [-0.25, -0.2) is 9.97 Å². The predicted octanol–water partition coefficient (Wildman–Crippen LogP) is 2.71. The van der Waals surface area contributed by atoms with Crippen LogP contribution in [-0.4, -0.2) is 30.4 Å². The van der Waals surface area contributed by atoms with Crippen LogP contribution in [0.2, 0.25) is 0 Å². The molecule has 4 nitrogen and oxygen atoms in total. The van der Waals surface area contributed by atoms with Crippen LogP contribution in [0.4, 0.5) is 0 Å². The Morgan fingerprint density at radius 1 is 1.25 bits per heavy atom. The molecule has 0 bridgehead atoms. The summed E-state index contributed by atoms with van der Waals surface area (Å²) in [6.45, 7) is 0. The van der Waals surface area contributed by atoms with Crippen LogP contribution < -0.4 is 10.1 Å². The van der Waals surface area contributed by atoms with Crippen molar-refractivity contribution < 1.29 is 4.74 Å². The van der Waals surface area contributed by atoms with E-state index in [2.05, 4.69) is 45.8 Å². The minimum absolute atomic E-state index is 0.227. The average molecular weight is 289 g/mol. The average Bonchev–Trinajstić information content (AvgIpc) is 2.53. The van der Waals surface area contributed by atoms with Gasteiger partial charge in [-0.15, -0.1) is 11.8 Å². The second-order valence-corrected chi connectivity index (χ2v) is 5.25. The number of hydrogen-bond donors (Lipinski definition) is 1. The zero-order valence-electron chi connectivity index (χ0n) is 12.0. The van der Waals surface area contributed by atoms with Crippen LogP contribution in [0.1, 0.15) is 17.3 Å². The van der Waals surface area contributed by atoms with Crippen LogP contribution >= 0.6 is 11.8 Å². The molecule has 0 fully saturated rings. The summed E-state index contributed by atoms with van der Waals surface area (Å²) in [6.07, 6.45) is 4.42. The molecule has 1 heterocycles. The van der Waals surface area contributed by atoms with Crippen molar-refractivity contribution in [1.29, 1.82) is 0 Å². The van der Waals surface area contributed by atoms with E-state index in [9.17, 15) is 0 Å². The van der Waals surface area contributed by atoms with Crippen LogP contribution in [-0.2, 0) is 6.42 Å². The van der Waals surface area contributed by atoms with E-state index in [-0.39, 0.29) is 6.04 Å². The topological polar surface area (TPSA) is 47.0 Å². The molecule has 0 spiro atoms. The van der Waals surface area contributed by atoms with Crippen molar-refractivity contribution in [2.45, 2.75) is 17.4 Å². The number of ether oxygens (including phenoxy) is 1. The van der Waals surface area contributed by atoms with E-state index in [1.54, 1.807) is 18.9 Å². The molecule has 20 heavy (non-hydrogen) atoms. The van der Waals surface area contributed by atoms with Crippen LogP contribution in [0, 0.1) is 0 Å². The van der Waals surface area contributed by atoms with Gasteiger partial charge in [-0.05, 0) is 31.0 Å². The Morgan fingerprint density at radius 3 is 2.60 bits per heavy atom. The summed E-state index contributed by atoms with van der Waals surface area (Å²) in [7, 11) is 3.58. The Bertz CT molecular complexity index is 545. The number of aromatic nitrogens is 2. The van der Waals surface area contributed by atoms with Crippen LogP contribution in [0.15, 0.2) is 41.6 Å². The molecule has 0 saturated carbocycles.